The molecule has 12 heavy (non-hydrogen) atoms. The molecule has 0 amide bonds. The predicted molar refractivity (Wildman–Crippen MR) is 45.5 cm³/mol. The fourth-order valence-electron chi connectivity index (χ4n) is 1.87. The van der Waals surface area contributed by atoms with Crippen molar-refractivity contribution >= 4 is 11.4 Å². The number of hydrogen-bond donors (Lipinski definition) is 0. The van der Waals surface area contributed by atoms with Crippen molar-refractivity contribution in [3.63, 3.8) is 0 Å². The van der Waals surface area contributed by atoms with E-state index in [1.807, 2.05) is 0 Å². The van der Waals surface area contributed by atoms with Crippen LogP contribution in [-0.4, -0.2) is 15.9 Å². The van der Waals surface area contributed by atoms with Gasteiger partial charge in [-0.05, 0) is 19.3 Å². The van der Waals surface area contributed by atoms with Gasteiger partial charge in [-0.25, -0.2) is 0 Å². The summed E-state index contributed by atoms with van der Waals surface area (Å²) >= 11 is -1.55. The van der Waals surface area contributed by atoms with E-state index in [9.17, 15) is 4.21 Å². The van der Waals surface area contributed by atoms with Crippen LogP contribution in [0.25, 0.3) is 0 Å². The van der Waals surface area contributed by atoms with Crippen molar-refractivity contribution < 1.29 is 12.6 Å². The lowest BCUT2D eigenvalue weighted by Gasteiger charge is -2.31. The van der Waals surface area contributed by atoms with Gasteiger partial charge >= 0.3 is 11.4 Å². The summed E-state index contributed by atoms with van der Waals surface area (Å²) in [7, 11) is 0. The first-order chi connectivity index (χ1) is 5.77. The molecule has 0 bridgehead atoms. The van der Waals surface area contributed by atoms with Crippen LogP contribution in [0.4, 0.5) is 0 Å². The Kier molecular flexibility index (Phi) is 2.06. The molecule has 3 atom stereocenters. The first-order valence-corrected chi connectivity index (χ1v) is 5.19. The summed E-state index contributed by atoms with van der Waals surface area (Å²) in [5.74, 6) is 0. The summed E-state index contributed by atoms with van der Waals surface area (Å²) in [6.07, 6.45) is 5.74. The van der Waals surface area contributed by atoms with Gasteiger partial charge in [-0.2, -0.15) is 4.21 Å². The van der Waals surface area contributed by atoms with Gasteiger partial charge in [0, 0.05) is 0 Å². The van der Waals surface area contributed by atoms with Crippen molar-refractivity contribution in [2.75, 3.05) is 0 Å². The average Bonchev–Trinajstić information content (AvgIpc) is 2.41. The molecule has 1 saturated heterocycles. The van der Waals surface area contributed by atoms with E-state index in [4.69, 9.17) is 8.37 Å². The molecule has 0 aromatic heterocycles. The van der Waals surface area contributed by atoms with E-state index < -0.39 is 17.0 Å². The van der Waals surface area contributed by atoms with Crippen LogP contribution in [0.3, 0.4) is 0 Å². The first kappa shape index (κ1) is 8.41. The largest absolute Gasteiger partial charge is 0.305 e. The van der Waals surface area contributed by atoms with Gasteiger partial charge in [-0.15, -0.1) is 6.58 Å². The van der Waals surface area contributed by atoms with Crippen molar-refractivity contribution in [1.29, 1.82) is 0 Å². The topological polar surface area (TPSA) is 35.5 Å². The zero-order chi connectivity index (χ0) is 8.60. The smallest absolute Gasteiger partial charge is 0.262 e. The van der Waals surface area contributed by atoms with Gasteiger partial charge in [0.15, 0.2) is 0 Å². The van der Waals surface area contributed by atoms with Crippen molar-refractivity contribution in [1.82, 2.24) is 0 Å². The van der Waals surface area contributed by atoms with Gasteiger partial charge in [0.05, 0.1) is 0 Å². The molecule has 3 unspecified atom stereocenters. The monoisotopic (exact) mass is 188 g/mol. The highest BCUT2D eigenvalue weighted by atomic mass is 32.2. The molecular weight excluding hydrogens is 176 g/mol. The number of fused-ring (bicyclic) bond motifs is 1. The zero-order valence-electron chi connectivity index (χ0n) is 6.82. The van der Waals surface area contributed by atoms with E-state index >= 15 is 0 Å². The summed E-state index contributed by atoms with van der Waals surface area (Å²) in [5, 5.41) is 0. The molecule has 1 heterocycles. The number of rotatable bonds is 1. The quantitative estimate of drug-likeness (QED) is 0.585. The van der Waals surface area contributed by atoms with E-state index in [0.29, 0.717) is 0 Å². The second kappa shape index (κ2) is 2.94. The highest BCUT2D eigenvalue weighted by Crippen LogP contribution is 2.40. The van der Waals surface area contributed by atoms with Gasteiger partial charge < -0.3 is 0 Å². The van der Waals surface area contributed by atoms with Crippen LogP contribution in [0.15, 0.2) is 12.7 Å². The molecule has 4 heteroatoms. The third-order valence-corrected chi connectivity index (χ3v) is 3.43. The number of hydrogen-bond acceptors (Lipinski definition) is 3. The summed E-state index contributed by atoms with van der Waals surface area (Å²) < 4.78 is 21.4. The Morgan fingerprint density at radius 1 is 1.58 bits per heavy atom. The van der Waals surface area contributed by atoms with Crippen LogP contribution < -0.4 is 0 Å². The minimum absolute atomic E-state index is 0.0374. The van der Waals surface area contributed by atoms with Crippen LogP contribution in [0.5, 0.6) is 0 Å². The maximum absolute atomic E-state index is 11.0. The minimum atomic E-state index is -1.55. The maximum Gasteiger partial charge on any atom is 0.305 e. The standard InChI is InChI=1S/C8H12O3S/c1-2-8-6-4-3-5-7(8)10-12(9)11-8/h2,7H,1,3-6H2. The second-order valence-electron chi connectivity index (χ2n) is 3.28. The molecule has 2 fully saturated rings. The molecule has 0 aromatic rings. The maximum atomic E-state index is 11.0. The molecule has 0 N–H and O–H groups in total. The molecule has 2 aliphatic rings. The Bertz CT molecular complexity index is 228. The van der Waals surface area contributed by atoms with E-state index in [1.54, 1.807) is 6.08 Å². The normalized spacial score (nSPS) is 47.0. The Hall–Kier alpha value is -0.190. The molecule has 68 valence electrons. The van der Waals surface area contributed by atoms with Gasteiger partial charge in [0.1, 0.15) is 11.7 Å². The summed E-state index contributed by atoms with van der Waals surface area (Å²) in [6, 6.07) is 0. The first-order valence-electron chi connectivity index (χ1n) is 4.19. The van der Waals surface area contributed by atoms with E-state index in [-0.39, 0.29) is 6.10 Å². The third kappa shape index (κ3) is 1.14. The summed E-state index contributed by atoms with van der Waals surface area (Å²) in [5.41, 5.74) is -0.455. The molecular formula is C8H12O3S. The molecule has 1 aliphatic carbocycles. The molecule has 1 saturated carbocycles. The van der Waals surface area contributed by atoms with Crippen LogP contribution in [0.1, 0.15) is 25.7 Å². The molecule has 0 radical (unpaired) electrons. The highest BCUT2D eigenvalue weighted by molar-refractivity contribution is 7.75. The molecule has 0 spiro atoms. The zero-order valence-corrected chi connectivity index (χ0v) is 7.64. The van der Waals surface area contributed by atoms with Crippen molar-refractivity contribution in [3.05, 3.63) is 12.7 Å². The Balaban J connectivity index is 2.24. The predicted octanol–water partition coefficient (Wildman–Crippen LogP) is 1.48. The van der Waals surface area contributed by atoms with Gasteiger partial charge in [-0.3, -0.25) is 8.37 Å². The molecule has 3 nitrogen and oxygen atoms in total. The lowest BCUT2D eigenvalue weighted by Crippen LogP contribution is -2.40. The summed E-state index contributed by atoms with van der Waals surface area (Å²) in [4.78, 5) is 0. The van der Waals surface area contributed by atoms with Crippen LogP contribution in [0, 0.1) is 0 Å². The SMILES string of the molecule is C=CC12CCCCC1OS(=O)O2. The lowest BCUT2D eigenvalue weighted by molar-refractivity contribution is 0.0447. The van der Waals surface area contributed by atoms with Gasteiger partial charge in [-0.1, -0.05) is 12.5 Å². The molecule has 1 aliphatic heterocycles. The third-order valence-electron chi connectivity index (χ3n) is 2.59. The van der Waals surface area contributed by atoms with Crippen molar-refractivity contribution in [2.24, 2.45) is 0 Å². The lowest BCUT2D eigenvalue weighted by atomic mass is 9.82. The minimum Gasteiger partial charge on any atom is -0.262 e. The van der Waals surface area contributed by atoms with Gasteiger partial charge in [0.2, 0.25) is 0 Å². The van der Waals surface area contributed by atoms with Gasteiger partial charge in [0.25, 0.3) is 0 Å². The summed E-state index contributed by atoms with van der Waals surface area (Å²) in [6.45, 7) is 3.71. The molecule has 0 aromatic carbocycles. The Morgan fingerprint density at radius 2 is 2.42 bits per heavy atom. The molecule has 2 rings (SSSR count). The highest BCUT2D eigenvalue weighted by Gasteiger charge is 2.48. The fourth-order valence-corrected chi connectivity index (χ4v) is 2.87. The second-order valence-corrected chi connectivity index (χ2v) is 4.04. The van der Waals surface area contributed by atoms with Crippen LogP contribution >= 0.6 is 0 Å². The van der Waals surface area contributed by atoms with E-state index in [0.717, 1.165) is 25.7 Å². The van der Waals surface area contributed by atoms with Crippen LogP contribution in [0.2, 0.25) is 0 Å². The van der Waals surface area contributed by atoms with Crippen LogP contribution in [-0.2, 0) is 19.7 Å². The average molecular weight is 188 g/mol. The van der Waals surface area contributed by atoms with Crippen molar-refractivity contribution in [3.8, 4) is 0 Å². The Labute approximate surface area is 74.6 Å². The van der Waals surface area contributed by atoms with Crippen molar-refractivity contribution in [2.45, 2.75) is 37.4 Å². The van der Waals surface area contributed by atoms with E-state index in [1.165, 1.54) is 0 Å². The Morgan fingerprint density at radius 3 is 3.08 bits per heavy atom. The van der Waals surface area contributed by atoms with E-state index in [2.05, 4.69) is 6.58 Å². The fraction of sp³-hybridized carbons (Fsp3) is 0.750.